The summed E-state index contributed by atoms with van der Waals surface area (Å²) in [4.78, 5) is 0. The lowest BCUT2D eigenvalue weighted by Gasteiger charge is -2.08. The lowest BCUT2D eigenvalue weighted by atomic mass is 10.1. The van der Waals surface area contributed by atoms with E-state index in [2.05, 4.69) is 5.32 Å². The molecule has 0 fully saturated rings. The van der Waals surface area contributed by atoms with Gasteiger partial charge in [0.05, 0.1) is 0 Å². The van der Waals surface area contributed by atoms with Crippen LogP contribution in [0.5, 0.6) is 5.75 Å². The zero-order valence-electron chi connectivity index (χ0n) is 11.6. The van der Waals surface area contributed by atoms with Gasteiger partial charge in [0, 0.05) is 6.54 Å². The minimum Gasteiger partial charge on any atom is -0.503 e. The van der Waals surface area contributed by atoms with E-state index in [0.717, 1.165) is 23.3 Å². The molecule has 0 aliphatic rings. The van der Waals surface area contributed by atoms with Crippen molar-refractivity contribution in [2.45, 2.75) is 19.9 Å². The molecule has 0 bridgehead atoms. The molecule has 0 unspecified atom stereocenters. The summed E-state index contributed by atoms with van der Waals surface area (Å²) in [7, 11) is 0. The van der Waals surface area contributed by atoms with E-state index < -0.39 is 17.4 Å². The number of phenols is 1. The third kappa shape index (κ3) is 3.98. The molecule has 0 saturated heterocycles. The second-order valence-corrected chi connectivity index (χ2v) is 4.91. The SMILES string of the molecule is Cc1cc(F)ccc1CCNCc1cc(F)c(O)c(F)c1. The van der Waals surface area contributed by atoms with Crippen molar-refractivity contribution in [1.82, 2.24) is 5.32 Å². The van der Waals surface area contributed by atoms with Gasteiger partial charge in [-0.05, 0) is 60.8 Å². The van der Waals surface area contributed by atoms with Crippen LogP contribution in [0.1, 0.15) is 16.7 Å². The summed E-state index contributed by atoms with van der Waals surface area (Å²) in [5.41, 5.74) is 2.31. The van der Waals surface area contributed by atoms with Gasteiger partial charge in [0.2, 0.25) is 0 Å². The standard InChI is InChI=1S/C16H16F3NO/c1-10-6-13(17)3-2-12(10)4-5-20-9-11-7-14(18)16(21)15(19)8-11/h2-3,6-8,20-21H,4-5,9H2,1H3. The fraction of sp³-hybridized carbons (Fsp3) is 0.250. The molecule has 2 rings (SSSR count). The molecule has 0 aliphatic carbocycles. The summed E-state index contributed by atoms with van der Waals surface area (Å²) in [5.74, 6) is -3.16. The van der Waals surface area contributed by atoms with Crippen molar-refractivity contribution in [3.05, 3.63) is 64.5 Å². The highest BCUT2D eigenvalue weighted by molar-refractivity contribution is 5.30. The van der Waals surface area contributed by atoms with E-state index in [0.29, 0.717) is 18.5 Å². The first-order valence-corrected chi connectivity index (χ1v) is 6.60. The Balaban J connectivity index is 1.87. The summed E-state index contributed by atoms with van der Waals surface area (Å²) >= 11 is 0. The Morgan fingerprint density at radius 1 is 1.05 bits per heavy atom. The summed E-state index contributed by atoms with van der Waals surface area (Å²) in [6.07, 6.45) is 0.690. The molecule has 2 nitrogen and oxygen atoms in total. The number of phenolic OH excluding ortho intramolecular Hbond substituents is 1. The summed E-state index contributed by atoms with van der Waals surface area (Å²) in [6, 6.07) is 6.79. The van der Waals surface area contributed by atoms with Crippen LogP contribution in [0.2, 0.25) is 0 Å². The first-order chi connectivity index (χ1) is 9.97. The number of benzene rings is 2. The van der Waals surface area contributed by atoms with Crippen LogP contribution < -0.4 is 5.32 Å². The number of hydrogen-bond donors (Lipinski definition) is 2. The molecule has 21 heavy (non-hydrogen) atoms. The summed E-state index contributed by atoms with van der Waals surface area (Å²) < 4.78 is 39.3. The largest absolute Gasteiger partial charge is 0.503 e. The number of nitrogens with one attached hydrogen (secondary N) is 1. The Labute approximate surface area is 121 Å². The quantitative estimate of drug-likeness (QED) is 0.828. The van der Waals surface area contributed by atoms with Gasteiger partial charge in [-0.15, -0.1) is 0 Å². The summed E-state index contributed by atoms with van der Waals surface area (Å²) in [6.45, 7) is 2.72. The van der Waals surface area contributed by atoms with Crippen LogP contribution in [0.15, 0.2) is 30.3 Å². The van der Waals surface area contributed by atoms with Gasteiger partial charge in [-0.25, -0.2) is 13.2 Å². The third-order valence-electron chi connectivity index (χ3n) is 3.28. The average Bonchev–Trinajstić information content (AvgIpc) is 2.42. The highest BCUT2D eigenvalue weighted by Gasteiger charge is 2.09. The van der Waals surface area contributed by atoms with Crippen molar-refractivity contribution in [3.63, 3.8) is 0 Å². The molecule has 2 aromatic rings. The van der Waals surface area contributed by atoms with E-state index in [1.807, 2.05) is 6.92 Å². The van der Waals surface area contributed by atoms with Crippen molar-refractivity contribution in [1.29, 1.82) is 0 Å². The van der Waals surface area contributed by atoms with E-state index in [4.69, 9.17) is 5.11 Å². The van der Waals surface area contributed by atoms with Crippen molar-refractivity contribution in [3.8, 4) is 5.75 Å². The minimum atomic E-state index is -0.971. The van der Waals surface area contributed by atoms with E-state index in [1.165, 1.54) is 12.1 Å². The van der Waals surface area contributed by atoms with Crippen molar-refractivity contribution in [2.75, 3.05) is 6.54 Å². The maximum absolute atomic E-state index is 13.2. The van der Waals surface area contributed by atoms with Gasteiger partial charge in [-0.2, -0.15) is 0 Å². The summed E-state index contributed by atoms with van der Waals surface area (Å²) in [5, 5.41) is 12.1. The van der Waals surface area contributed by atoms with Gasteiger partial charge in [0.25, 0.3) is 0 Å². The number of rotatable bonds is 5. The molecular weight excluding hydrogens is 279 g/mol. The monoisotopic (exact) mass is 295 g/mol. The first-order valence-electron chi connectivity index (χ1n) is 6.60. The maximum Gasteiger partial charge on any atom is 0.187 e. The topological polar surface area (TPSA) is 32.3 Å². The second kappa shape index (κ2) is 6.63. The van der Waals surface area contributed by atoms with E-state index >= 15 is 0 Å². The number of aromatic hydroxyl groups is 1. The Morgan fingerprint density at radius 2 is 1.71 bits per heavy atom. The average molecular weight is 295 g/mol. The van der Waals surface area contributed by atoms with Crippen LogP contribution in [-0.2, 0) is 13.0 Å². The van der Waals surface area contributed by atoms with Crippen molar-refractivity contribution in [2.24, 2.45) is 0 Å². The molecule has 0 aliphatic heterocycles. The van der Waals surface area contributed by atoms with E-state index in [9.17, 15) is 13.2 Å². The Bertz CT molecular complexity index is 620. The minimum absolute atomic E-state index is 0.265. The maximum atomic E-state index is 13.2. The second-order valence-electron chi connectivity index (χ2n) is 4.91. The van der Waals surface area contributed by atoms with Gasteiger partial charge in [-0.3, -0.25) is 0 Å². The number of halogens is 3. The van der Waals surface area contributed by atoms with Gasteiger partial charge < -0.3 is 10.4 Å². The molecule has 0 amide bonds. The van der Waals surface area contributed by atoms with Crippen LogP contribution in [-0.4, -0.2) is 11.7 Å². The predicted molar refractivity (Wildman–Crippen MR) is 74.6 cm³/mol. The number of aryl methyl sites for hydroxylation is 1. The molecule has 0 heterocycles. The molecule has 2 aromatic carbocycles. The Hall–Kier alpha value is -2.01. The van der Waals surface area contributed by atoms with Gasteiger partial charge >= 0.3 is 0 Å². The molecular formula is C16H16F3NO. The van der Waals surface area contributed by atoms with E-state index in [-0.39, 0.29) is 12.4 Å². The lowest BCUT2D eigenvalue weighted by molar-refractivity contribution is 0.395. The van der Waals surface area contributed by atoms with Crippen LogP contribution in [0.3, 0.4) is 0 Å². The van der Waals surface area contributed by atoms with Gasteiger partial charge in [0.15, 0.2) is 17.4 Å². The van der Waals surface area contributed by atoms with Crippen LogP contribution in [0.25, 0.3) is 0 Å². The fourth-order valence-electron chi connectivity index (χ4n) is 2.12. The first kappa shape index (κ1) is 15.4. The van der Waals surface area contributed by atoms with Crippen LogP contribution in [0, 0.1) is 24.4 Å². The molecule has 0 atom stereocenters. The van der Waals surface area contributed by atoms with Crippen molar-refractivity contribution >= 4 is 0 Å². The fourth-order valence-corrected chi connectivity index (χ4v) is 2.12. The zero-order valence-corrected chi connectivity index (χ0v) is 11.6. The Kier molecular flexibility index (Phi) is 4.85. The zero-order chi connectivity index (χ0) is 15.4. The Morgan fingerprint density at radius 3 is 2.33 bits per heavy atom. The molecule has 0 aromatic heterocycles. The normalized spacial score (nSPS) is 10.9. The predicted octanol–water partition coefficient (Wildman–Crippen LogP) is 3.45. The molecule has 2 N–H and O–H groups in total. The molecule has 5 heteroatoms. The van der Waals surface area contributed by atoms with Gasteiger partial charge in [0.1, 0.15) is 5.82 Å². The number of hydrogen-bond acceptors (Lipinski definition) is 2. The molecule has 0 spiro atoms. The van der Waals surface area contributed by atoms with E-state index in [1.54, 1.807) is 6.07 Å². The molecule has 0 radical (unpaired) electrons. The smallest absolute Gasteiger partial charge is 0.187 e. The van der Waals surface area contributed by atoms with Crippen LogP contribution in [0.4, 0.5) is 13.2 Å². The highest BCUT2D eigenvalue weighted by atomic mass is 19.1. The molecule has 0 saturated carbocycles. The van der Waals surface area contributed by atoms with Crippen molar-refractivity contribution < 1.29 is 18.3 Å². The third-order valence-corrected chi connectivity index (χ3v) is 3.28. The van der Waals surface area contributed by atoms with Gasteiger partial charge in [-0.1, -0.05) is 6.07 Å². The molecule has 112 valence electrons. The highest BCUT2D eigenvalue weighted by Crippen LogP contribution is 2.21. The lowest BCUT2D eigenvalue weighted by Crippen LogP contribution is -2.17. The van der Waals surface area contributed by atoms with Crippen LogP contribution >= 0.6 is 0 Å².